The maximum Gasteiger partial charge on any atom is 0.220 e. The fraction of sp³-hybridized carbons (Fsp3) is 0.529. The van der Waals surface area contributed by atoms with Crippen molar-refractivity contribution in [2.75, 3.05) is 13.7 Å². The van der Waals surface area contributed by atoms with Gasteiger partial charge in [-0.15, -0.1) is 0 Å². The van der Waals surface area contributed by atoms with Crippen molar-refractivity contribution in [2.24, 2.45) is 5.73 Å². The molecular formula is C17H26N2O3. The van der Waals surface area contributed by atoms with Gasteiger partial charge in [0.15, 0.2) is 5.78 Å². The highest BCUT2D eigenvalue weighted by Gasteiger charge is 2.13. The Morgan fingerprint density at radius 2 is 1.91 bits per heavy atom. The topological polar surface area (TPSA) is 81.4 Å². The molecule has 0 spiro atoms. The van der Waals surface area contributed by atoms with Crippen molar-refractivity contribution >= 4 is 11.7 Å². The number of rotatable bonds is 10. The predicted octanol–water partition coefficient (Wildman–Crippen LogP) is 2.29. The van der Waals surface area contributed by atoms with E-state index < -0.39 is 0 Å². The molecular weight excluding hydrogens is 280 g/mol. The lowest BCUT2D eigenvalue weighted by molar-refractivity contribution is -0.121. The summed E-state index contributed by atoms with van der Waals surface area (Å²) in [7, 11) is 1.58. The molecule has 0 aromatic heterocycles. The van der Waals surface area contributed by atoms with Gasteiger partial charge in [0.1, 0.15) is 5.75 Å². The maximum absolute atomic E-state index is 12.0. The zero-order valence-electron chi connectivity index (χ0n) is 13.4. The molecule has 1 aromatic rings. The number of ketones is 1. The number of methoxy groups -OCH3 is 1. The molecule has 1 aromatic carbocycles. The van der Waals surface area contributed by atoms with Gasteiger partial charge in [0.25, 0.3) is 0 Å². The number of hydrogen-bond donors (Lipinski definition) is 2. The second-order valence-electron chi connectivity index (χ2n) is 5.29. The molecule has 0 saturated carbocycles. The third kappa shape index (κ3) is 6.26. The summed E-state index contributed by atoms with van der Waals surface area (Å²) < 4.78 is 5.05. The fourth-order valence-corrected chi connectivity index (χ4v) is 2.15. The predicted molar refractivity (Wildman–Crippen MR) is 87.1 cm³/mol. The second-order valence-corrected chi connectivity index (χ2v) is 5.29. The van der Waals surface area contributed by atoms with Crippen molar-refractivity contribution in [3.8, 4) is 5.75 Å². The number of hydrogen-bond acceptors (Lipinski definition) is 4. The van der Waals surface area contributed by atoms with E-state index in [0.717, 1.165) is 19.3 Å². The van der Waals surface area contributed by atoms with E-state index in [1.807, 2.05) is 0 Å². The Morgan fingerprint density at radius 1 is 1.23 bits per heavy atom. The molecule has 122 valence electrons. The summed E-state index contributed by atoms with van der Waals surface area (Å²) in [6.07, 6.45) is 3.37. The van der Waals surface area contributed by atoms with Gasteiger partial charge in [-0.3, -0.25) is 9.59 Å². The molecule has 3 N–H and O–H groups in total. The SMILES string of the molecule is CCCCC(CN)NC(=O)CCC(=O)c1ccc(OC)cc1. The largest absolute Gasteiger partial charge is 0.497 e. The number of amides is 1. The van der Waals surface area contributed by atoms with Gasteiger partial charge in [0, 0.05) is 31.0 Å². The van der Waals surface area contributed by atoms with Crippen molar-refractivity contribution in [3.63, 3.8) is 0 Å². The number of nitrogens with one attached hydrogen (secondary N) is 1. The zero-order valence-corrected chi connectivity index (χ0v) is 13.4. The van der Waals surface area contributed by atoms with Crippen LogP contribution in [0, 0.1) is 0 Å². The van der Waals surface area contributed by atoms with E-state index in [0.29, 0.717) is 17.9 Å². The van der Waals surface area contributed by atoms with Gasteiger partial charge < -0.3 is 15.8 Å². The Labute approximate surface area is 132 Å². The van der Waals surface area contributed by atoms with E-state index in [1.54, 1.807) is 31.4 Å². The molecule has 22 heavy (non-hydrogen) atoms. The summed E-state index contributed by atoms with van der Waals surface area (Å²) in [5, 5.41) is 2.89. The van der Waals surface area contributed by atoms with E-state index in [2.05, 4.69) is 12.2 Å². The van der Waals surface area contributed by atoms with Gasteiger partial charge in [0.05, 0.1) is 7.11 Å². The Balaban J connectivity index is 2.40. The molecule has 0 radical (unpaired) electrons. The molecule has 0 aliphatic carbocycles. The Morgan fingerprint density at radius 3 is 2.45 bits per heavy atom. The van der Waals surface area contributed by atoms with Gasteiger partial charge in [-0.1, -0.05) is 19.8 Å². The zero-order chi connectivity index (χ0) is 16.4. The first-order chi connectivity index (χ1) is 10.6. The minimum absolute atomic E-state index is 0.00328. The Kier molecular flexibility index (Phi) is 8.22. The van der Waals surface area contributed by atoms with Crippen molar-refractivity contribution in [2.45, 2.75) is 45.1 Å². The first-order valence-electron chi connectivity index (χ1n) is 7.77. The van der Waals surface area contributed by atoms with Crippen LogP contribution in [0.15, 0.2) is 24.3 Å². The molecule has 0 fully saturated rings. The van der Waals surface area contributed by atoms with Crippen LogP contribution >= 0.6 is 0 Å². The average Bonchev–Trinajstić information content (AvgIpc) is 2.56. The van der Waals surface area contributed by atoms with Gasteiger partial charge in [-0.05, 0) is 30.7 Å². The Bertz CT molecular complexity index is 471. The van der Waals surface area contributed by atoms with Gasteiger partial charge in [0.2, 0.25) is 5.91 Å². The molecule has 1 amide bonds. The van der Waals surface area contributed by atoms with E-state index in [1.165, 1.54) is 0 Å². The van der Waals surface area contributed by atoms with Gasteiger partial charge in [-0.2, -0.15) is 0 Å². The summed E-state index contributed by atoms with van der Waals surface area (Å²) in [6, 6.07) is 6.90. The summed E-state index contributed by atoms with van der Waals surface area (Å²) in [6.45, 7) is 2.53. The van der Waals surface area contributed by atoms with Crippen molar-refractivity contribution in [3.05, 3.63) is 29.8 Å². The van der Waals surface area contributed by atoms with E-state index in [4.69, 9.17) is 10.5 Å². The quantitative estimate of drug-likeness (QED) is 0.650. The minimum atomic E-state index is -0.117. The number of unbranched alkanes of at least 4 members (excludes halogenated alkanes) is 1. The average molecular weight is 306 g/mol. The molecule has 1 atom stereocenters. The smallest absolute Gasteiger partial charge is 0.220 e. The lowest BCUT2D eigenvalue weighted by Gasteiger charge is -2.16. The van der Waals surface area contributed by atoms with E-state index in [-0.39, 0.29) is 30.6 Å². The lowest BCUT2D eigenvalue weighted by Crippen LogP contribution is -2.40. The third-order valence-electron chi connectivity index (χ3n) is 3.55. The van der Waals surface area contributed by atoms with Crippen molar-refractivity contribution in [1.82, 2.24) is 5.32 Å². The van der Waals surface area contributed by atoms with Crippen molar-refractivity contribution < 1.29 is 14.3 Å². The summed E-state index contributed by atoms with van der Waals surface area (Å²) in [4.78, 5) is 23.9. The number of ether oxygens (including phenoxy) is 1. The molecule has 0 aliphatic heterocycles. The number of Topliss-reactive ketones (excluding diaryl/α,β-unsaturated/α-hetero) is 1. The Hall–Kier alpha value is -1.88. The number of carbonyl (C=O) groups excluding carboxylic acids is 2. The van der Waals surface area contributed by atoms with Crippen LogP contribution in [0.25, 0.3) is 0 Å². The van der Waals surface area contributed by atoms with Crippen LogP contribution < -0.4 is 15.8 Å². The molecule has 0 heterocycles. The lowest BCUT2D eigenvalue weighted by atomic mass is 10.1. The monoisotopic (exact) mass is 306 g/mol. The summed E-state index contributed by atoms with van der Waals surface area (Å²) in [5.41, 5.74) is 6.24. The van der Waals surface area contributed by atoms with Crippen molar-refractivity contribution in [1.29, 1.82) is 0 Å². The van der Waals surface area contributed by atoms with Crippen LogP contribution in [0.3, 0.4) is 0 Å². The third-order valence-corrected chi connectivity index (χ3v) is 3.55. The summed E-state index contributed by atoms with van der Waals surface area (Å²) >= 11 is 0. The second kappa shape index (κ2) is 9.95. The van der Waals surface area contributed by atoms with Crippen LogP contribution in [0.5, 0.6) is 5.75 Å². The standard InChI is InChI=1S/C17H26N2O3/c1-3-4-5-14(12-18)19-17(21)11-10-16(20)13-6-8-15(22-2)9-7-13/h6-9,14H,3-5,10-12,18H2,1-2H3,(H,19,21). The van der Waals surface area contributed by atoms with Gasteiger partial charge >= 0.3 is 0 Å². The molecule has 0 aliphatic rings. The van der Waals surface area contributed by atoms with Gasteiger partial charge in [-0.25, -0.2) is 0 Å². The molecule has 5 nitrogen and oxygen atoms in total. The molecule has 1 rings (SSSR count). The first kappa shape index (κ1) is 18.2. The van der Waals surface area contributed by atoms with Crippen LogP contribution in [0.4, 0.5) is 0 Å². The molecule has 0 bridgehead atoms. The number of carbonyl (C=O) groups is 2. The maximum atomic E-state index is 12.0. The number of benzene rings is 1. The van der Waals surface area contributed by atoms with Crippen LogP contribution in [-0.2, 0) is 4.79 Å². The first-order valence-corrected chi connectivity index (χ1v) is 7.77. The van der Waals surface area contributed by atoms with Crippen LogP contribution in [-0.4, -0.2) is 31.4 Å². The minimum Gasteiger partial charge on any atom is -0.497 e. The van der Waals surface area contributed by atoms with Crippen LogP contribution in [0.1, 0.15) is 49.4 Å². The highest BCUT2D eigenvalue weighted by Crippen LogP contribution is 2.13. The highest BCUT2D eigenvalue weighted by atomic mass is 16.5. The highest BCUT2D eigenvalue weighted by molar-refractivity contribution is 5.98. The van der Waals surface area contributed by atoms with E-state index in [9.17, 15) is 9.59 Å². The number of nitrogens with two attached hydrogens (primary N) is 1. The van der Waals surface area contributed by atoms with E-state index >= 15 is 0 Å². The summed E-state index contributed by atoms with van der Waals surface area (Å²) in [5.74, 6) is 0.542. The molecule has 1 unspecified atom stereocenters. The fourth-order valence-electron chi connectivity index (χ4n) is 2.15. The van der Waals surface area contributed by atoms with Crippen LogP contribution in [0.2, 0.25) is 0 Å². The molecule has 5 heteroatoms. The normalized spacial score (nSPS) is 11.8. The molecule has 0 saturated heterocycles.